The molecule has 1 unspecified atom stereocenters. The molecule has 0 saturated heterocycles. The van der Waals surface area contributed by atoms with E-state index in [0.29, 0.717) is 5.75 Å². The summed E-state index contributed by atoms with van der Waals surface area (Å²) in [6.45, 7) is 0. The summed E-state index contributed by atoms with van der Waals surface area (Å²) in [5.41, 5.74) is 2.03. The monoisotopic (exact) mass is 275 g/mol. The molecule has 0 spiro atoms. The van der Waals surface area contributed by atoms with E-state index in [1.54, 1.807) is 0 Å². The fourth-order valence-electron chi connectivity index (χ4n) is 2.83. The molecule has 4 rings (SSSR count). The van der Waals surface area contributed by atoms with Crippen LogP contribution in [-0.4, -0.2) is 6.09 Å². The highest BCUT2D eigenvalue weighted by Crippen LogP contribution is 2.38. The maximum atomic E-state index is 11.9. The lowest BCUT2D eigenvalue weighted by molar-refractivity contribution is 0.192. The fourth-order valence-corrected chi connectivity index (χ4v) is 2.83. The average molecular weight is 275 g/mol. The molecule has 0 bridgehead atoms. The predicted molar refractivity (Wildman–Crippen MR) is 81.4 cm³/mol. The molecule has 1 aliphatic heterocycles. The maximum Gasteiger partial charge on any atom is 0.413 e. The van der Waals surface area contributed by atoms with E-state index in [1.165, 1.54) is 0 Å². The van der Waals surface area contributed by atoms with Crippen LogP contribution in [0.4, 0.5) is 4.79 Å². The van der Waals surface area contributed by atoms with Crippen molar-refractivity contribution >= 4 is 16.9 Å². The molecule has 0 saturated carbocycles. The average Bonchev–Trinajstić information content (AvgIpc) is 2.55. The molecule has 3 heteroatoms. The predicted octanol–water partition coefficient (Wildman–Crippen LogP) is 4.03. The number of fused-ring (bicyclic) bond motifs is 3. The summed E-state index contributed by atoms with van der Waals surface area (Å²) in [7, 11) is 0. The molecule has 3 aromatic carbocycles. The van der Waals surface area contributed by atoms with Crippen LogP contribution in [0.5, 0.6) is 5.75 Å². The van der Waals surface area contributed by atoms with Crippen molar-refractivity contribution in [2.75, 3.05) is 0 Å². The van der Waals surface area contributed by atoms with E-state index in [2.05, 4.69) is 11.4 Å². The van der Waals surface area contributed by atoms with Crippen molar-refractivity contribution in [1.29, 1.82) is 0 Å². The van der Waals surface area contributed by atoms with E-state index >= 15 is 0 Å². The van der Waals surface area contributed by atoms with E-state index in [1.807, 2.05) is 60.7 Å². The highest BCUT2D eigenvalue weighted by Gasteiger charge is 2.28. The number of carbonyl (C=O) groups is 1. The van der Waals surface area contributed by atoms with Gasteiger partial charge in [0.25, 0.3) is 0 Å². The largest absolute Gasteiger partial charge is 0.413 e. The topological polar surface area (TPSA) is 38.3 Å². The molecule has 1 aliphatic rings. The Hall–Kier alpha value is -2.81. The summed E-state index contributed by atoms with van der Waals surface area (Å²) in [5.74, 6) is 0.658. The van der Waals surface area contributed by atoms with Crippen molar-refractivity contribution in [3.63, 3.8) is 0 Å². The van der Waals surface area contributed by atoms with E-state index in [0.717, 1.165) is 21.9 Å². The number of hydrogen-bond donors (Lipinski definition) is 1. The second-order valence-electron chi connectivity index (χ2n) is 5.08. The van der Waals surface area contributed by atoms with Gasteiger partial charge in [-0.25, -0.2) is 4.79 Å². The van der Waals surface area contributed by atoms with E-state index in [9.17, 15) is 4.79 Å². The molecule has 1 amide bonds. The summed E-state index contributed by atoms with van der Waals surface area (Å²) in [6.07, 6.45) is -0.410. The molecule has 0 aromatic heterocycles. The van der Waals surface area contributed by atoms with Gasteiger partial charge in [0.15, 0.2) is 0 Å². The smallest absolute Gasteiger partial charge is 0.409 e. The minimum Gasteiger partial charge on any atom is -0.409 e. The van der Waals surface area contributed by atoms with Gasteiger partial charge in [-0.3, -0.25) is 0 Å². The van der Waals surface area contributed by atoms with Crippen LogP contribution in [0.25, 0.3) is 10.8 Å². The summed E-state index contributed by atoms with van der Waals surface area (Å²) in [5, 5.41) is 4.92. The minimum absolute atomic E-state index is 0.174. The van der Waals surface area contributed by atoms with Crippen LogP contribution in [0, 0.1) is 0 Å². The normalized spacial score (nSPS) is 17.0. The van der Waals surface area contributed by atoms with Crippen molar-refractivity contribution in [3.05, 3.63) is 77.9 Å². The van der Waals surface area contributed by atoms with Crippen molar-refractivity contribution in [3.8, 4) is 5.75 Å². The Morgan fingerprint density at radius 1 is 0.857 bits per heavy atom. The number of hydrogen-bond acceptors (Lipinski definition) is 2. The van der Waals surface area contributed by atoms with Crippen LogP contribution < -0.4 is 10.1 Å². The number of benzene rings is 3. The highest BCUT2D eigenvalue weighted by atomic mass is 16.6. The first-order valence-electron chi connectivity index (χ1n) is 6.88. The molecular formula is C18H13NO2. The Balaban J connectivity index is 1.95. The lowest BCUT2D eigenvalue weighted by Gasteiger charge is -2.27. The summed E-state index contributed by atoms with van der Waals surface area (Å²) in [4.78, 5) is 11.9. The molecule has 21 heavy (non-hydrogen) atoms. The molecule has 0 fully saturated rings. The van der Waals surface area contributed by atoms with Gasteiger partial charge in [-0.2, -0.15) is 0 Å². The zero-order valence-corrected chi connectivity index (χ0v) is 11.2. The zero-order valence-electron chi connectivity index (χ0n) is 11.2. The summed E-state index contributed by atoms with van der Waals surface area (Å²) < 4.78 is 5.45. The van der Waals surface area contributed by atoms with Gasteiger partial charge in [0, 0.05) is 10.9 Å². The molecule has 102 valence electrons. The van der Waals surface area contributed by atoms with Crippen LogP contribution in [0.2, 0.25) is 0 Å². The minimum atomic E-state index is -0.410. The van der Waals surface area contributed by atoms with E-state index in [-0.39, 0.29) is 6.04 Å². The van der Waals surface area contributed by atoms with Crippen LogP contribution in [-0.2, 0) is 0 Å². The van der Waals surface area contributed by atoms with Gasteiger partial charge < -0.3 is 10.1 Å². The third-order valence-electron chi connectivity index (χ3n) is 3.81. The molecule has 0 aliphatic carbocycles. The first-order chi connectivity index (χ1) is 10.3. The van der Waals surface area contributed by atoms with Crippen LogP contribution in [0.1, 0.15) is 17.2 Å². The molecule has 1 atom stereocenters. The van der Waals surface area contributed by atoms with Crippen LogP contribution in [0.3, 0.4) is 0 Å². The third-order valence-corrected chi connectivity index (χ3v) is 3.81. The van der Waals surface area contributed by atoms with Gasteiger partial charge >= 0.3 is 6.09 Å². The highest BCUT2D eigenvalue weighted by molar-refractivity contribution is 5.93. The number of carbonyl (C=O) groups excluding carboxylic acids is 1. The fraction of sp³-hybridized carbons (Fsp3) is 0.0556. The molecule has 0 radical (unpaired) electrons. The van der Waals surface area contributed by atoms with Crippen molar-refractivity contribution in [2.24, 2.45) is 0 Å². The van der Waals surface area contributed by atoms with Gasteiger partial charge in [0.1, 0.15) is 5.75 Å². The molecule has 1 N–H and O–H groups in total. The SMILES string of the molecule is O=C1NC(c2ccccc2)c2ccc3ccccc3c2O1. The van der Waals surface area contributed by atoms with Gasteiger partial charge in [-0.15, -0.1) is 0 Å². The third kappa shape index (κ3) is 1.94. The first kappa shape index (κ1) is 12.0. The van der Waals surface area contributed by atoms with Crippen LogP contribution in [0.15, 0.2) is 66.7 Å². The second kappa shape index (κ2) is 4.63. The summed E-state index contributed by atoms with van der Waals surface area (Å²) in [6, 6.07) is 21.8. The molecule has 3 aromatic rings. The molecule has 1 heterocycles. The van der Waals surface area contributed by atoms with Gasteiger partial charge in [-0.05, 0) is 10.9 Å². The summed E-state index contributed by atoms with van der Waals surface area (Å²) >= 11 is 0. The number of rotatable bonds is 1. The standard InChI is InChI=1S/C18H13NO2/c20-18-19-16(13-7-2-1-3-8-13)15-11-10-12-6-4-5-9-14(12)17(15)21-18/h1-11,16H,(H,19,20). The Kier molecular flexibility index (Phi) is 2.64. The Labute approximate surface area is 122 Å². The van der Waals surface area contributed by atoms with Crippen molar-refractivity contribution in [2.45, 2.75) is 6.04 Å². The first-order valence-corrected chi connectivity index (χ1v) is 6.88. The quantitative estimate of drug-likeness (QED) is 0.728. The second-order valence-corrected chi connectivity index (χ2v) is 5.08. The van der Waals surface area contributed by atoms with Gasteiger partial charge in [-0.1, -0.05) is 66.7 Å². The lowest BCUT2D eigenvalue weighted by atomic mass is 9.94. The Bertz CT molecular complexity index is 827. The number of amides is 1. The van der Waals surface area contributed by atoms with Crippen molar-refractivity contribution < 1.29 is 9.53 Å². The van der Waals surface area contributed by atoms with Crippen molar-refractivity contribution in [1.82, 2.24) is 5.32 Å². The Morgan fingerprint density at radius 2 is 1.62 bits per heavy atom. The molecule has 3 nitrogen and oxygen atoms in total. The maximum absolute atomic E-state index is 11.9. The van der Waals surface area contributed by atoms with E-state index < -0.39 is 6.09 Å². The number of nitrogens with one attached hydrogen (secondary N) is 1. The number of ether oxygens (including phenoxy) is 1. The Morgan fingerprint density at radius 3 is 2.48 bits per heavy atom. The zero-order chi connectivity index (χ0) is 14.2. The van der Waals surface area contributed by atoms with Gasteiger partial charge in [0.2, 0.25) is 0 Å². The van der Waals surface area contributed by atoms with E-state index in [4.69, 9.17) is 4.74 Å². The van der Waals surface area contributed by atoms with Gasteiger partial charge in [0.05, 0.1) is 6.04 Å². The lowest BCUT2D eigenvalue weighted by Crippen LogP contribution is -2.36. The molecular weight excluding hydrogens is 262 g/mol. The van der Waals surface area contributed by atoms with Crippen LogP contribution >= 0.6 is 0 Å².